The lowest BCUT2D eigenvalue weighted by molar-refractivity contribution is -0.137. The van der Waals surface area contributed by atoms with Crippen LogP contribution in [-0.2, 0) is 21.4 Å². The SMILES string of the molecule is CC1(c2nnc(CCC(=O)O)o2)CCOC1. The maximum atomic E-state index is 10.4. The first-order chi connectivity index (χ1) is 7.60. The lowest BCUT2D eigenvalue weighted by Gasteiger charge is -2.15. The molecule has 16 heavy (non-hydrogen) atoms. The number of hydrogen-bond donors (Lipinski definition) is 1. The highest BCUT2D eigenvalue weighted by Crippen LogP contribution is 2.31. The predicted octanol–water partition coefficient (Wildman–Crippen LogP) is 0.765. The average molecular weight is 226 g/mol. The molecule has 1 atom stereocenters. The Morgan fingerprint density at radius 1 is 1.56 bits per heavy atom. The number of carbonyl (C=O) groups is 1. The molecule has 0 aromatic carbocycles. The quantitative estimate of drug-likeness (QED) is 0.815. The van der Waals surface area contributed by atoms with Crippen LogP contribution >= 0.6 is 0 Å². The Morgan fingerprint density at radius 3 is 3.00 bits per heavy atom. The van der Waals surface area contributed by atoms with Crippen molar-refractivity contribution in [1.29, 1.82) is 0 Å². The van der Waals surface area contributed by atoms with Crippen LogP contribution in [0.15, 0.2) is 4.42 Å². The lowest BCUT2D eigenvalue weighted by Crippen LogP contribution is -2.22. The highest BCUT2D eigenvalue weighted by Gasteiger charge is 2.36. The van der Waals surface area contributed by atoms with E-state index in [0.29, 0.717) is 25.0 Å². The second kappa shape index (κ2) is 4.21. The van der Waals surface area contributed by atoms with Crippen LogP contribution in [0.4, 0.5) is 0 Å². The summed E-state index contributed by atoms with van der Waals surface area (Å²) in [5.41, 5.74) is -0.214. The van der Waals surface area contributed by atoms with Crippen molar-refractivity contribution in [3.05, 3.63) is 11.8 Å². The lowest BCUT2D eigenvalue weighted by atomic mass is 9.90. The number of aromatic nitrogens is 2. The van der Waals surface area contributed by atoms with Crippen LogP contribution in [-0.4, -0.2) is 34.5 Å². The average Bonchev–Trinajstić information content (AvgIpc) is 2.84. The molecule has 0 amide bonds. The topological polar surface area (TPSA) is 85.5 Å². The van der Waals surface area contributed by atoms with Crippen LogP contribution in [0, 0.1) is 0 Å². The van der Waals surface area contributed by atoms with Crippen molar-refractivity contribution in [2.45, 2.75) is 31.6 Å². The molecular weight excluding hydrogens is 212 g/mol. The molecule has 6 heteroatoms. The number of carboxylic acids is 1. The summed E-state index contributed by atoms with van der Waals surface area (Å²) in [6, 6.07) is 0. The van der Waals surface area contributed by atoms with E-state index in [9.17, 15) is 4.79 Å². The van der Waals surface area contributed by atoms with E-state index < -0.39 is 5.97 Å². The van der Waals surface area contributed by atoms with E-state index in [2.05, 4.69) is 10.2 Å². The zero-order chi connectivity index (χ0) is 11.6. The number of carboxylic acid groups (broad SMARTS) is 1. The number of ether oxygens (including phenoxy) is 1. The molecule has 0 spiro atoms. The molecule has 1 aliphatic heterocycles. The van der Waals surface area contributed by atoms with E-state index in [1.165, 1.54) is 0 Å². The van der Waals surface area contributed by atoms with Gasteiger partial charge in [-0.2, -0.15) is 0 Å². The van der Waals surface area contributed by atoms with E-state index in [4.69, 9.17) is 14.3 Å². The van der Waals surface area contributed by atoms with Crippen LogP contribution in [0.1, 0.15) is 31.5 Å². The third kappa shape index (κ3) is 2.21. The number of aliphatic carboxylic acids is 1. The van der Waals surface area contributed by atoms with E-state index in [1.807, 2.05) is 6.92 Å². The van der Waals surface area contributed by atoms with Gasteiger partial charge in [-0.3, -0.25) is 4.79 Å². The Hall–Kier alpha value is -1.43. The molecule has 1 fully saturated rings. The molecular formula is C10H14N2O4. The molecule has 2 rings (SSSR count). The van der Waals surface area contributed by atoms with Gasteiger partial charge in [0.25, 0.3) is 0 Å². The third-order valence-corrected chi connectivity index (χ3v) is 2.75. The van der Waals surface area contributed by atoms with Crippen LogP contribution in [0.2, 0.25) is 0 Å². The molecule has 1 unspecified atom stereocenters. The van der Waals surface area contributed by atoms with Crippen molar-refractivity contribution in [1.82, 2.24) is 10.2 Å². The van der Waals surface area contributed by atoms with E-state index in [1.54, 1.807) is 0 Å². The van der Waals surface area contributed by atoms with E-state index >= 15 is 0 Å². The van der Waals surface area contributed by atoms with Crippen molar-refractivity contribution >= 4 is 5.97 Å². The zero-order valence-electron chi connectivity index (χ0n) is 9.10. The summed E-state index contributed by atoms with van der Waals surface area (Å²) < 4.78 is 10.8. The fraction of sp³-hybridized carbons (Fsp3) is 0.700. The fourth-order valence-corrected chi connectivity index (χ4v) is 1.65. The van der Waals surface area contributed by atoms with Crippen LogP contribution in [0.25, 0.3) is 0 Å². The first kappa shape index (κ1) is 11.1. The van der Waals surface area contributed by atoms with Crippen molar-refractivity contribution in [3.63, 3.8) is 0 Å². The summed E-state index contributed by atoms with van der Waals surface area (Å²) in [5.74, 6) is 0.0612. The Kier molecular flexibility index (Phi) is 2.91. The maximum Gasteiger partial charge on any atom is 0.303 e. The van der Waals surface area contributed by atoms with Gasteiger partial charge >= 0.3 is 5.97 Å². The summed E-state index contributed by atoms with van der Waals surface area (Å²) >= 11 is 0. The standard InChI is InChI=1S/C10H14N2O4/c1-10(4-5-15-6-10)9-12-11-7(16-9)2-3-8(13)14/h2-6H2,1H3,(H,13,14). The van der Waals surface area contributed by atoms with Crippen LogP contribution in [0.5, 0.6) is 0 Å². The first-order valence-corrected chi connectivity index (χ1v) is 5.22. The number of hydrogen-bond acceptors (Lipinski definition) is 5. The van der Waals surface area contributed by atoms with Gasteiger partial charge in [0.05, 0.1) is 18.4 Å². The van der Waals surface area contributed by atoms with Crippen molar-refractivity contribution in [2.75, 3.05) is 13.2 Å². The molecule has 1 aromatic rings. The molecule has 88 valence electrons. The second-order valence-electron chi connectivity index (χ2n) is 4.26. The molecule has 0 bridgehead atoms. The Bertz CT molecular complexity index is 382. The minimum absolute atomic E-state index is 0.00878. The smallest absolute Gasteiger partial charge is 0.303 e. The van der Waals surface area contributed by atoms with Crippen molar-refractivity contribution in [2.24, 2.45) is 0 Å². The highest BCUT2D eigenvalue weighted by molar-refractivity contribution is 5.66. The molecule has 1 aliphatic rings. The Labute approximate surface area is 92.6 Å². The molecule has 1 aromatic heterocycles. The minimum atomic E-state index is -0.866. The number of aryl methyl sites for hydroxylation is 1. The van der Waals surface area contributed by atoms with Gasteiger partial charge < -0.3 is 14.3 Å². The fourth-order valence-electron chi connectivity index (χ4n) is 1.65. The van der Waals surface area contributed by atoms with Crippen molar-refractivity contribution in [3.8, 4) is 0 Å². The monoisotopic (exact) mass is 226 g/mol. The second-order valence-corrected chi connectivity index (χ2v) is 4.26. The summed E-state index contributed by atoms with van der Waals surface area (Å²) in [4.78, 5) is 10.4. The van der Waals surface area contributed by atoms with Gasteiger partial charge in [-0.1, -0.05) is 0 Å². The van der Waals surface area contributed by atoms with Gasteiger partial charge in [0.1, 0.15) is 0 Å². The van der Waals surface area contributed by atoms with Crippen molar-refractivity contribution < 1.29 is 19.1 Å². The predicted molar refractivity (Wildman–Crippen MR) is 53.0 cm³/mol. The van der Waals surface area contributed by atoms with Gasteiger partial charge in [0.2, 0.25) is 11.8 Å². The number of nitrogens with zero attached hydrogens (tertiary/aromatic N) is 2. The summed E-state index contributed by atoms with van der Waals surface area (Å²) in [6.45, 7) is 3.28. The highest BCUT2D eigenvalue weighted by atomic mass is 16.5. The summed E-state index contributed by atoms with van der Waals surface area (Å²) in [6.07, 6.45) is 1.14. The summed E-state index contributed by atoms with van der Waals surface area (Å²) in [7, 11) is 0. The Morgan fingerprint density at radius 2 is 2.38 bits per heavy atom. The van der Waals surface area contributed by atoms with E-state index in [0.717, 1.165) is 6.42 Å². The summed E-state index contributed by atoms with van der Waals surface area (Å²) in [5, 5.41) is 16.3. The van der Waals surface area contributed by atoms with Gasteiger partial charge in [0.15, 0.2) is 0 Å². The molecule has 0 saturated carbocycles. The van der Waals surface area contributed by atoms with Crippen LogP contribution < -0.4 is 0 Å². The van der Waals surface area contributed by atoms with Gasteiger partial charge in [-0.15, -0.1) is 10.2 Å². The minimum Gasteiger partial charge on any atom is -0.481 e. The first-order valence-electron chi connectivity index (χ1n) is 5.22. The zero-order valence-corrected chi connectivity index (χ0v) is 9.10. The molecule has 1 N–H and O–H groups in total. The molecule has 0 aliphatic carbocycles. The van der Waals surface area contributed by atoms with Gasteiger partial charge in [-0.25, -0.2) is 0 Å². The normalized spacial score (nSPS) is 24.8. The van der Waals surface area contributed by atoms with Crippen LogP contribution in [0.3, 0.4) is 0 Å². The largest absolute Gasteiger partial charge is 0.481 e. The van der Waals surface area contributed by atoms with Gasteiger partial charge in [-0.05, 0) is 13.3 Å². The molecule has 0 radical (unpaired) electrons. The molecule has 6 nitrogen and oxygen atoms in total. The maximum absolute atomic E-state index is 10.4. The molecule has 1 saturated heterocycles. The number of rotatable bonds is 4. The third-order valence-electron chi connectivity index (χ3n) is 2.75. The molecule has 2 heterocycles. The Balaban J connectivity index is 2.04. The van der Waals surface area contributed by atoms with E-state index in [-0.39, 0.29) is 18.3 Å². The van der Waals surface area contributed by atoms with Gasteiger partial charge in [0, 0.05) is 13.0 Å².